The molecule has 20 heavy (non-hydrogen) atoms. The zero-order valence-electron chi connectivity index (χ0n) is 11.8. The Morgan fingerprint density at radius 1 is 1.45 bits per heavy atom. The molecule has 0 saturated carbocycles. The summed E-state index contributed by atoms with van der Waals surface area (Å²) in [5.74, 6) is 0.107. The fourth-order valence-electron chi connectivity index (χ4n) is 3.48. The zero-order chi connectivity index (χ0) is 14.2. The van der Waals surface area contributed by atoms with Crippen LogP contribution in [0.3, 0.4) is 0 Å². The van der Waals surface area contributed by atoms with Crippen LogP contribution in [0, 0.1) is 0 Å². The predicted octanol–water partition coefficient (Wildman–Crippen LogP) is 2.24. The molecule has 3 atom stereocenters. The van der Waals surface area contributed by atoms with Crippen LogP contribution in [0.15, 0.2) is 30.3 Å². The summed E-state index contributed by atoms with van der Waals surface area (Å²) >= 11 is 0. The van der Waals surface area contributed by atoms with Crippen LogP contribution in [-0.2, 0) is 9.53 Å². The summed E-state index contributed by atoms with van der Waals surface area (Å²) < 4.78 is 5.96. The Labute approximate surface area is 119 Å². The van der Waals surface area contributed by atoms with E-state index in [-0.39, 0.29) is 11.9 Å². The molecule has 0 radical (unpaired) electrons. The van der Waals surface area contributed by atoms with Gasteiger partial charge in [0.2, 0.25) is 5.91 Å². The van der Waals surface area contributed by atoms with Crippen LogP contribution in [0.2, 0.25) is 0 Å². The van der Waals surface area contributed by atoms with Crippen LogP contribution < -0.4 is 0 Å². The van der Waals surface area contributed by atoms with Crippen LogP contribution in [0.1, 0.15) is 44.3 Å². The first-order valence-corrected chi connectivity index (χ1v) is 7.37. The van der Waals surface area contributed by atoms with E-state index in [0.29, 0.717) is 13.0 Å². The average Bonchev–Trinajstić information content (AvgIpc) is 2.89. The Morgan fingerprint density at radius 2 is 2.20 bits per heavy atom. The maximum atomic E-state index is 12.3. The Bertz CT molecular complexity index is 490. The van der Waals surface area contributed by atoms with Crippen LogP contribution in [0.5, 0.6) is 0 Å². The molecule has 108 valence electrons. The summed E-state index contributed by atoms with van der Waals surface area (Å²) in [4.78, 5) is 14.1. The Kier molecular flexibility index (Phi) is 3.52. The summed E-state index contributed by atoms with van der Waals surface area (Å²) in [7, 11) is 0. The highest BCUT2D eigenvalue weighted by Crippen LogP contribution is 2.42. The van der Waals surface area contributed by atoms with E-state index in [1.165, 1.54) is 0 Å². The average molecular weight is 275 g/mol. The van der Waals surface area contributed by atoms with Gasteiger partial charge < -0.3 is 14.7 Å². The van der Waals surface area contributed by atoms with Gasteiger partial charge in [-0.05, 0) is 24.8 Å². The highest BCUT2D eigenvalue weighted by Gasteiger charge is 2.52. The van der Waals surface area contributed by atoms with E-state index in [4.69, 9.17) is 4.74 Å². The van der Waals surface area contributed by atoms with Gasteiger partial charge in [0, 0.05) is 6.42 Å². The molecular formula is C16H21NO3. The van der Waals surface area contributed by atoms with Crippen LogP contribution in [-0.4, -0.2) is 34.3 Å². The summed E-state index contributed by atoms with van der Waals surface area (Å²) in [5, 5.41) is 10.6. The van der Waals surface area contributed by atoms with E-state index < -0.39 is 11.8 Å². The number of piperidine rings is 1. The third kappa shape index (κ3) is 2.03. The standard InChI is InChI=1S/C16H21NO3/c1-2-16-10-6-9-14(18)17(16)13(11-20-16)15(19)12-7-4-3-5-8-12/h3-5,7-8,13,15,19H,2,6,9-11H2,1H3. The molecule has 4 heteroatoms. The molecule has 1 aromatic carbocycles. The maximum absolute atomic E-state index is 12.3. The van der Waals surface area contributed by atoms with E-state index in [1.54, 1.807) is 0 Å². The lowest BCUT2D eigenvalue weighted by atomic mass is 9.92. The highest BCUT2D eigenvalue weighted by molar-refractivity contribution is 5.78. The lowest BCUT2D eigenvalue weighted by molar-refractivity contribution is -0.163. The number of hydrogen-bond acceptors (Lipinski definition) is 3. The van der Waals surface area contributed by atoms with Gasteiger partial charge in [0.15, 0.2) is 0 Å². The van der Waals surface area contributed by atoms with E-state index in [1.807, 2.05) is 42.2 Å². The molecule has 4 nitrogen and oxygen atoms in total. The molecule has 2 fully saturated rings. The first kappa shape index (κ1) is 13.6. The van der Waals surface area contributed by atoms with Gasteiger partial charge in [-0.25, -0.2) is 0 Å². The number of carbonyl (C=O) groups excluding carboxylic acids is 1. The Hall–Kier alpha value is -1.39. The second-order valence-electron chi connectivity index (χ2n) is 5.65. The summed E-state index contributed by atoms with van der Waals surface area (Å²) in [6.07, 6.45) is 2.39. The van der Waals surface area contributed by atoms with Gasteiger partial charge >= 0.3 is 0 Å². The summed E-state index contributed by atoms with van der Waals surface area (Å²) in [6.45, 7) is 2.46. The number of amides is 1. The summed E-state index contributed by atoms with van der Waals surface area (Å²) in [6, 6.07) is 9.24. The van der Waals surface area contributed by atoms with Crippen molar-refractivity contribution in [3.8, 4) is 0 Å². The Morgan fingerprint density at radius 3 is 2.90 bits per heavy atom. The van der Waals surface area contributed by atoms with E-state index >= 15 is 0 Å². The van der Waals surface area contributed by atoms with Crippen molar-refractivity contribution in [1.82, 2.24) is 4.90 Å². The van der Waals surface area contributed by atoms with Crippen LogP contribution in [0.25, 0.3) is 0 Å². The smallest absolute Gasteiger partial charge is 0.225 e. The minimum atomic E-state index is -0.688. The van der Waals surface area contributed by atoms with Gasteiger partial charge in [-0.2, -0.15) is 0 Å². The molecule has 3 rings (SSSR count). The highest BCUT2D eigenvalue weighted by atomic mass is 16.5. The lowest BCUT2D eigenvalue weighted by Crippen LogP contribution is -2.55. The number of fused-ring (bicyclic) bond motifs is 1. The molecule has 0 bridgehead atoms. The fraction of sp³-hybridized carbons (Fsp3) is 0.562. The molecule has 1 amide bonds. The van der Waals surface area contributed by atoms with Crippen molar-refractivity contribution in [2.75, 3.05) is 6.61 Å². The van der Waals surface area contributed by atoms with E-state index in [0.717, 1.165) is 24.8 Å². The van der Waals surface area contributed by atoms with Crippen molar-refractivity contribution in [3.63, 3.8) is 0 Å². The number of carbonyl (C=O) groups is 1. The molecule has 1 N–H and O–H groups in total. The second kappa shape index (κ2) is 5.19. The van der Waals surface area contributed by atoms with Crippen molar-refractivity contribution >= 4 is 5.91 Å². The molecular weight excluding hydrogens is 254 g/mol. The van der Waals surface area contributed by atoms with Gasteiger partial charge in [0.05, 0.1) is 12.6 Å². The predicted molar refractivity (Wildman–Crippen MR) is 74.9 cm³/mol. The number of rotatable bonds is 3. The largest absolute Gasteiger partial charge is 0.386 e. The first-order valence-electron chi connectivity index (χ1n) is 7.37. The van der Waals surface area contributed by atoms with Crippen molar-refractivity contribution in [2.24, 2.45) is 0 Å². The lowest BCUT2D eigenvalue weighted by Gasteiger charge is -2.43. The van der Waals surface area contributed by atoms with Crippen molar-refractivity contribution < 1.29 is 14.6 Å². The van der Waals surface area contributed by atoms with Gasteiger partial charge in [0.1, 0.15) is 11.8 Å². The second-order valence-corrected chi connectivity index (χ2v) is 5.65. The SMILES string of the molecule is CCC12CCCC(=O)N1C(C(O)c1ccccc1)CO2. The monoisotopic (exact) mass is 275 g/mol. The minimum Gasteiger partial charge on any atom is -0.386 e. The van der Waals surface area contributed by atoms with Gasteiger partial charge in [-0.3, -0.25) is 4.79 Å². The number of aliphatic hydroxyl groups excluding tert-OH is 1. The van der Waals surface area contributed by atoms with Crippen molar-refractivity contribution in [2.45, 2.75) is 50.5 Å². The molecule has 0 spiro atoms. The molecule has 2 heterocycles. The number of nitrogens with zero attached hydrogens (tertiary/aromatic N) is 1. The molecule has 2 saturated heterocycles. The molecule has 0 aromatic heterocycles. The topological polar surface area (TPSA) is 49.8 Å². The quantitative estimate of drug-likeness (QED) is 0.920. The fourth-order valence-corrected chi connectivity index (χ4v) is 3.48. The maximum Gasteiger partial charge on any atom is 0.225 e. The number of ether oxygens (including phenoxy) is 1. The van der Waals surface area contributed by atoms with Crippen LogP contribution in [0.4, 0.5) is 0 Å². The third-order valence-electron chi connectivity index (χ3n) is 4.58. The van der Waals surface area contributed by atoms with Crippen molar-refractivity contribution in [3.05, 3.63) is 35.9 Å². The third-order valence-corrected chi connectivity index (χ3v) is 4.58. The number of aliphatic hydroxyl groups is 1. The van der Waals surface area contributed by atoms with Gasteiger partial charge in [0.25, 0.3) is 0 Å². The van der Waals surface area contributed by atoms with Crippen molar-refractivity contribution in [1.29, 1.82) is 0 Å². The van der Waals surface area contributed by atoms with E-state index in [9.17, 15) is 9.90 Å². The zero-order valence-corrected chi connectivity index (χ0v) is 11.8. The molecule has 2 aliphatic rings. The van der Waals surface area contributed by atoms with Gasteiger partial charge in [-0.15, -0.1) is 0 Å². The summed E-state index contributed by atoms with van der Waals surface area (Å²) in [5.41, 5.74) is 0.349. The molecule has 1 aromatic rings. The molecule has 2 aliphatic heterocycles. The molecule has 0 aliphatic carbocycles. The van der Waals surface area contributed by atoms with Gasteiger partial charge in [-0.1, -0.05) is 37.3 Å². The molecule has 3 unspecified atom stereocenters. The normalized spacial score (nSPS) is 31.2. The van der Waals surface area contributed by atoms with Crippen LogP contribution >= 0.6 is 0 Å². The van der Waals surface area contributed by atoms with E-state index in [2.05, 4.69) is 0 Å². The minimum absolute atomic E-state index is 0.107. The number of benzene rings is 1. The first-order chi connectivity index (χ1) is 9.68. The number of hydrogen-bond donors (Lipinski definition) is 1. The Balaban J connectivity index is 1.89.